The quantitative estimate of drug-likeness (QED) is 0.444. The highest BCUT2D eigenvalue weighted by molar-refractivity contribution is 7.89. The van der Waals surface area contributed by atoms with Gasteiger partial charge in [-0.05, 0) is 67.6 Å². The summed E-state index contributed by atoms with van der Waals surface area (Å²) in [6, 6.07) is 15.1. The molecule has 0 spiro atoms. The zero-order valence-corrected chi connectivity index (χ0v) is 17.5. The van der Waals surface area contributed by atoms with Gasteiger partial charge in [0.05, 0.1) is 4.90 Å². The third-order valence-electron chi connectivity index (χ3n) is 4.78. The Bertz CT molecular complexity index is 1040. The Labute approximate surface area is 172 Å². The van der Waals surface area contributed by atoms with Crippen LogP contribution in [0, 0.1) is 0 Å². The highest BCUT2D eigenvalue weighted by Gasteiger charge is 2.17. The maximum absolute atomic E-state index is 12.7. The van der Waals surface area contributed by atoms with E-state index in [-0.39, 0.29) is 10.9 Å². The van der Waals surface area contributed by atoms with Crippen molar-refractivity contribution in [2.75, 3.05) is 19.6 Å². The number of sulfonamides is 1. The molecule has 0 unspecified atom stereocenters. The molecule has 1 atom stereocenters. The average Bonchev–Trinajstić information content (AvgIpc) is 2.72. The van der Waals surface area contributed by atoms with Crippen LogP contribution in [0.15, 0.2) is 65.8 Å². The molecule has 2 aromatic carbocycles. The van der Waals surface area contributed by atoms with Crippen molar-refractivity contribution in [1.82, 2.24) is 15.0 Å². The zero-order valence-electron chi connectivity index (χ0n) is 16.6. The molecule has 0 bridgehead atoms. The van der Waals surface area contributed by atoms with Crippen LogP contribution in [0.25, 0.3) is 10.8 Å². The summed E-state index contributed by atoms with van der Waals surface area (Å²) in [6.07, 6.45) is 5.16. The first-order valence-corrected chi connectivity index (χ1v) is 11.3. The van der Waals surface area contributed by atoms with Gasteiger partial charge < -0.3 is 11.1 Å². The van der Waals surface area contributed by atoms with Crippen molar-refractivity contribution in [3.63, 3.8) is 0 Å². The number of hydrogen-bond donors (Lipinski definition) is 3. The van der Waals surface area contributed by atoms with Crippen molar-refractivity contribution in [2.24, 2.45) is 5.73 Å². The lowest BCUT2D eigenvalue weighted by molar-refractivity contribution is 0.537. The fourth-order valence-electron chi connectivity index (χ4n) is 3.19. The molecule has 154 valence electrons. The standard InChI is InChI=1S/C22H28N4O2S/c1-17(15-24-12-9-19-4-2-18(3-5-19)8-11-23)26-29(27,28)22-7-6-21-16-25-13-10-20(21)14-22/h2-7,10,13-14,16-17,24,26H,8-9,11-12,15,23H2,1H3/t17-/m1/s1. The first-order chi connectivity index (χ1) is 14.0. The molecule has 0 aliphatic rings. The summed E-state index contributed by atoms with van der Waals surface area (Å²) in [5.74, 6) is 0. The highest BCUT2D eigenvalue weighted by Crippen LogP contribution is 2.18. The molecule has 1 heterocycles. The highest BCUT2D eigenvalue weighted by atomic mass is 32.2. The number of fused-ring (bicyclic) bond motifs is 1. The number of pyridine rings is 1. The van der Waals surface area contributed by atoms with Gasteiger partial charge in [-0.25, -0.2) is 13.1 Å². The number of nitrogens with zero attached hydrogens (tertiary/aromatic N) is 1. The maximum Gasteiger partial charge on any atom is 0.240 e. The lowest BCUT2D eigenvalue weighted by Crippen LogP contribution is -2.40. The Hall–Kier alpha value is -2.32. The first-order valence-electron chi connectivity index (χ1n) is 9.82. The molecule has 4 N–H and O–H groups in total. The Morgan fingerprint density at radius 3 is 2.45 bits per heavy atom. The van der Waals surface area contributed by atoms with Crippen LogP contribution in [0.5, 0.6) is 0 Å². The van der Waals surface area contributed by atoms with Crippen LogP contribution in [0.1, 0.15) is 18.1 Å². The molecule has 0 aliphatic heterocycles. The van der Waals surface area contributed by atoms with Crippen LogP contribution in [-0.4, -0.2) is 39.1 Å². The van der Waals surface area contributed by atoms with Crippen LogP contribution in [-0.2, 0) is 22.9 Å². The maximum atomic E-state index is 12.7. The predicted octanol–water partition coefficient (Wildman–Crippen LogP) is 2.24. The van der Waals surface area contributed by atoms with Crippen molar-refractivity contribution in [2.45, 2.75) is 30.7 Å². The zero-order chi connectivity index (χ0) is 20.7. The molecule has 3 aromatic rings. The number of hydrogen-bond acceptors (Lipinski definition) is 5. The average molecular weight is 413 g/mol. The number of nitrogens with two attached hydrogens (primary N) is 1. The third-order valence-corrected chi connectivity index (χ3v) is 6.36. The minimum atomic E-state index is -3.57. The molecular weight excluding hydrogens is 384 g/mol. The summed E-state index contributed by atoms with van der Waals surface area (Å²) >= 11 is 0. The van der Waals surface area contributed by atoms with Crippen molar-refractivity contribution in [1.29, 1.82) is 0 Å². The Balaban J connectivity index is 1.48. The molecule has 0 radical (unpaired) electrons. The van der Waals surface area contributed by atoms with Crippen LogP contribution in [0.2, 0.25) is 0 Å². The van der Waals surface area contributed by atoms with Gasteiger partial charge >= 0.3 is 0 Å². The topological polar surface area (TPSA) is 97.1 Å². The molecule has 29 heavy (non-hydrogen) atoms. The monoisotopic (exact) mass is 412 g/mol. The largest absolute Gasteiger partial charge is 0.330 e. The van der Waals surface area contributed by atoms with E-state index in [1.165, 1.54) is 11.1 Å². The van der Waals surface area contributed by atoms with E-state index in [1.807, 2.05) is 13.0 Å². The van der Waals surface area contributed by atoms with E-state index < -0.39 is 10.0 Å². The Kier molecular flexibility index (Phi) is 7.33. The minimum absolute atomic E-state index is 0.222. The van der Waals surface area contributed by atoms with E-state index in [9.17, 15) is 8.42 Å². The van der Waals surface area contributed by atoms with Gasteiger partial charge in [-0.2, -0.15) is 0 Å². The molecule has 7 heteroatoms. The number of aromatic nitrogens is 1. The second-order valence-electron chi connectivity index (χ2n) is 7.22. The van der Waals surface area contributed by atoms with Crippen LogP contribution in [0.4, 0.5) is 0 Å². The van der Waals surface area contributed by atoms with Crippen molar-refractivity contribution >= 4 is 20.8 Å². The summed E-state index contributed by atoms with van der Waals surface area (Å²) in [7, 11) is -3.57. The molecule has 0 saturated carbocycles. The summed E-state index contributed by atoms with van der Waals surface area (Å²) in [6.45, 7) is 3.86. The molecular formula is C22H28N4O2S. The van der Waals surface area contributed by atoms with Gasteiger partial charge in [-0.1, -0.05) is 30.3 Å². The van der Waals surface area contributed by atoms with Gasteiger partial charge in [-0.3, -0.25) is 4.98 Å². The molecule has 3 rings (SSSR count). The molecule has 6 nitrogen and oxygen atoms in total. The minimum Gasteiger partial charge on any atom is -0.330 e. The van der Waals surface area contributed by atoms with Crippen molar-refractivity contribution < 1.29 is 8.42 Å². The molecule has 1 aromatic heterocycles. The smallest absolute Gasteiger partial charge is 0.240 e. The Morgan fingerprint density at radius 1 is 1.00 bits per heavy atom. The van der Waals surface area contributed by atoms with Crippen molar-refractivity contribution in [3.05, 3.63) is 72.1 Å². The fourth-order valence-corrected chi connectivity index (χ4v) is 4.47. The Morgan fingerprint density at radius 2 is 1.72 bits per heavy atom. The van der Waals surface area contributed by atoms with E-state index in [4.69, 9.17) is 5.73 Å². The third kappa shape index (κ3) is 6.08. The van der Waals surface area contributed by atoms with Crippen LogP contribution >= 0.6 is 0 Å². The van der Waals surface area contributed by atoms with E-state index in [2.05, 4.69) is 39.3 Å². The van der Waals surface area contributed by atoms with E-state index in [1.54, 1.807) is 30.6 Å². The van der Waals surface area contributed by atoms with Gasteiger partial charge in [0.25, 0.3) is 0 Å². The van der Waals surface area contributed by atoms with E-state index >= 15 is 0 Å². The number of nitrogens with one attached hydrogen (secondary N) is 2. The number of benzene rings is 2. The lowest BCUT2D eigenvalue weighted by Gasteiger charge is -2.15. The number of rotatable bonds is 10. The van der Waals surface area contributed by atoms with Gasteiger partial charge in [-0.15, -0.1) is 0 Å². The molecule has 0 fully saturated rings. The summed E-state index contributed by atoms with van der Waals surface area (Å²) in [4.78, 5) is 4.32. The van der Waals surface area contributed by atoms with Gasteiger partial charge in [0.1, 0.15) is 0 Å². The fraction of sp³-hybridized carbons (Fsp3) is 0.318. The van der Waals surface area contributed by atoms with Gasteiger partial charge in [0.15, 0.2) is 0 Å². The molecule has 0 amide bonds. The molecule has 0 aliphatic carbocycles. The first kappa shape index (κ1) is 21.4. The second kappa shape index (κ2) is 9.93. The van der Waals surface area contributed by atoms with Crippen LogP contribution in [0.3, 0.4) is 0 Å². The van der Waals surface area contributed by atoms with E-state index in [0.717, 1.165) is 30.2 Å². The van der Waals surface area contributed by atoms with Gasteiger partial charge in [0.2, 0.25) is 10.0 Å². The van der Waals surface area contributed by atoms with Crippen LogP contribution < -0.4 is 15.8 Å². The summed E-state index contributed by atoms with van der Waals surface area (Å²) in [5, 5.41) is 5.09. The molecule has 0 saturated heterocycles. The summed E-state index contributed by atoms with van der Waals surface area (Å²) in [5.41, 5.74) is 8.06. The summed E-state index contributed by atoms with van der Waals surface area (Å²) < 4.78 is 28.1. The lowest BCUT2D eigenvalue weighted by atomic mass is 10.1. The predicted molar refractivity (Wildman–Crippen MR) is 117 cm³/mol. The van der Waals surface area contributed by atoms with Crippen molar-refractivity contribution in [3.8, 4) is 0 Å². The van der Waals surface area contributed by atoms with Gasteiger partial charge in [0, 0.05) is 30.4 Å². The normalized spacial score (nSPS) is 12.9. The van der Waals surface area contributed by atoms with E-state index in [0.29, 0.717) is 13.1 Å². The second-order valence-corrected chi connectivity index (χ2v) is 8.93. The SMILES string of the molecule is C[C@H](CNCCc1ccc(CCN)cc1)NS(=O)(=O)c1ccc2cnccc2c1.